The summed E-state index contributed by atoms with van der Waals surface area (Å²) < 4.78 is 5.13. The van der Waals surface area contributed by atoms with E-state index in [4.69, 9.17) is 4.74 Å². The number of fused-ring (bicyclic) bond motifs is 1. The van der Waals surface area contributed by atoms with Crippen LogP contribution >= 0.6 is 11.8 Å². The van der Waals surface area contributed by atoms with Crippen LogP contribution in [-0.4, -0.2) is 25.5 Å². The largest absolute Gasteiger partial charge is 0.385 e. The number of ether oxygens (including phenoxy) is 1. The zero-order valence-corrected chi connectivity index (χ0v) is 11.4. The molecule has 0 spiro atoms. The maximum absolute atomic E-state index is 5.13. The van der Waals surface area contributed by atoms with Crippen molar-refractivity contribution in [3.63, 3.8) is 0 Å². The fourth-order valence-electron chi connectivity index (χ4n) is 2.24. The molecule has 2 unspecified atom stereocenters. The predicted molar refractivity (Wildman–Crippen MR) is 73.6 cm³/mol. The zero-order valence-electron chi connectivity index (χ0n) is 10.6. The van der Waals surface area contributed by atoms with Crippen molar-refractivity contribution in [3.8, 4) is 0 Å². The average Bonchev–Trinajstić information content (AvgIpc) is 2.37. The van der Waals surface area contributed by atoms with Crippen LogP contribution in [0.1, 0.15) is 31.4 Å². The molecule has 17 heavy (non-hydrogen) atoms. The molecule has 1 aliphatic rings. The van der Waals surface area contributed by atoms with E-state index in [1.807, 2.05) is 11.8 Å². The Morgan fingerprint density at radius 2 is 2.29 bits per heavy atom. The van der Waals surface area contributed by atoms with Crippen molar-refractivity contribution in [1.82, 2.24) is 5.32 Å². The summed E-state index contributed by atoms with van der Waals surface area (Å²) in [6, 6.07) is 9.77. The highest BCUT2D eigenvalue weighted by Gasteiger charge is 2.21. The minimum atomic E-state index is 0.510. The molecule has 0 bridgehead atoms. The first-order valence-electron chi connectivity index (χ1n) is 6.28. The van der Waals surface area contributed by atoms with Crippen LogP contribution in [0.2, 0.25) is 0 Å². The van der Waals surface area contributed by atoms with E-state index in [1.165, 1.54) is 22.6 Å². The van der Waals surface area contributed by atoms with Gasteiger partial charge in [-0.1, -0.05) is 18.2 Å². The highest BCUT2D eigenvalue weighted by molar-refractivity contribution is 7.99. The van der Waals surface area contributed by atoms with E-state index in [0.29, 0.717) is 12.1 Å². The second kappa shape index (κ2) is 6.43. The first-order valence-corrected chi connectivity index (χ1v) is 7.26. The van der Waals surface area contributed by atoms with Gasteiger partial charge >= 0.3 is 0 Å². The maximum atomic E-state index is 5.13. The Balaban J connectivity index is 1.98. The van der Waals surface area contributed by atoms with Crippen LogP contribution < -0.4 is 5.32 Å². The topological polar surface area (TPSA) is 21.3 Å². The van der Waals surface area contributed by atoms with E-state index in [0.717, 1.165) is 13.0 Å². The lowest BCUT2D eigenvalue weighted by Crippen LogP contribution is -2.33. The van der Waals surface area contributed by atoms with Crippen molar-refractivity contribution >= 4 is 11.8 Å². The van der Waals surface area contributed by atoms with Gasteiger partial charge in [-0.05, 0) is 37.1 Å². The number of benzene rings is 1. The monoisotopic (exact) mass is 251 g/mol. The summed E-state index contributed by atoms with van der Waals surface area (Å²) in [5.74, 6) is 1.21. The van der Waals surface area contributed by atoms with Crippen LogP contribution in [-0.2, 0) is 4.74 Å². The second-order valence-corrected chi connectivity index (χ2v) is 5.71. The van der Waals surface area contributed by atoms with Crippen molar-refractivity contribution in [1.29, 1.82) is 0 Å². The lowest BCUT2D eigenvalue weighted by Gasteiger charge is -2.28. The predicted octanol–water partition coefficient (Wildman–Crippen LogP) is 3.24. The van der Waals surface area contributed by atoms with Gasteiger partial charge in [-0.25, -0.2) is 0 Å². The molecule has 2 rings (SSSR count). The summed E-state index contributed by atoms with van der Waals surface area (Å²) in [4.78, 5) is 1.44. The Morgan fingerprint density at radius 3 is 3.12 bits per heavy atom. The molecule has 1 aromatic carbocycles. The van der Waals surface area contributed by atoms with Gasteiger partial charge in [-0.15, -0.1) is 11.8 Å². The number of rotatable bonds is 5. The normalized spacial score (nSPS) is 20.9. The number of thioether (sulfide) groups is 1. The summed E-state index contributed by atoms with van der Waals surface area (Å²) >= 11 is 1.97. The Kier molecular flexibility index (Phi) is 4.89. The molecule has 0 amide bonds. The molecule has 1 aromatic rings. The summed E-state index contributed by atoms with van der Waals surface area (Å²) in [7, 11) is 1.76. The van der Waals surface area contributed by atoms with Gasteiger partial charge in [0.2, 0.25) is 0 Å². The molecule has 94 valence electrons. The maximum Gasteiger partial charge on any atom is 0.0476 e. The van der Waals surface area contributed by atoms with E-state index in [9.17, 15) is 0 Å². The Hall–Kier alpha value is -0.510. The van der Waals surface area contributed by atoms with Gasteiger partial charge < -0.3 is 10.1 Å². The zero-order chi connectivity index (χ0) is 12.1. The molecule has 2 atom stereocenters. The van der Waals surface area contributed by atoms with E-state index < -0.39 is 0 Å². The Morgan fingerprint density at radius 1 is 1.47 bits per heavy atom. The van der Waals surface area contributed by atoms with Crippen molar-refractivity contribution in [3.05, 3.63) is 29.8 Å². The quantitative estimate of drug-likeness (QED) is 0.868. The first-order chi connectivity index (χ1) is 8.31. The molecule has 0 radical (unpaired) electrons. The number of hydrogen-bond acceptors (Lipinski definition) is 3. The molecule has 1 N–H and O–H groups in total. The summed E-state index contributed by atoms with van der Waals surface area (Å²) in [6.07, 6.45) is 2.29. The van der Waals surface area contributed by atoms with Gasteiger partial charge in [-0.3, -0.25) is 0 Å². The van der Waals surface area contributed by atoms with Crippen LogP contribution in [0.15, 0.2) is 29.2 Å². The standard InChI is InChI=1S/C14H21NOS/c1-11(7-9-16-2)15-13-8-10-17-14-6-4-3-5-12(13)14/h3-6,11,13,15H,7-10H2,1-2H3. The van der Waals surface area contributed by atoms with Crippen LogP contribution in [0.4, 0.5) is 0 Å². The summed E-state index contributed by atoms with van der Waals surface area (Å²) in [5, 5.41) is 3.72. The fraction of sp³-hybridized carbons (Fsp3) is 0.571. The molecule has 0 aromatic heterocycles. The minimum Gasteiger partial charge on any atom is -0.385 e. The molecule has 0 saturated heterocycles. The summed E-state index contributed by atoms with van der Waals surface area (Å²) in [5.41, 5.74) is 1.47. The van der Waals surface area contributed by atoms with Gasteiger partial charge in [0.1, 0.15) is 0 Å². The van der Waals surface area contributed by atoms with Gasteiger partial charge in [0.25, 0.3) is 0 Å². The van der Waals surface area contributed by atoms with Crippen LogP contribution in [0.5, 0.6) is 0 Å². The van der Waals surface area contributed by atoms with Crippen molar-refractivity contribution < 1.29 is 4.74 Å². The average molecular weight is 251 g/mol. The van der Waals surface area contributed by atoms with E-state index in [-0.39, 0.29) is 0 Å². The molecule has 0 fully saturated rings. The highest BCUT2D eigenvalue weighted by Crippen LogP contribution is 2.36. The molecule has 3 heteroatoms. The minimum absolute atomic E-state index is 0.510. The van der Waals surface area contributed by atoms with Gasteiger partial charge in [0, 0.05) is 30.7 Å². The van der Waals surface area contributed by atoms with Crippen molar-refractivity contribution in [2.75, 3.05) is 19.5 Å². The smallest absolute Gasteiger partial charge is 0.0476 e. The van der Waals surface area contributed by atoms with Crippen LogP contribution in [0.3, 0.4) is 0 Å². The van der Waals surface area contributed by atoms with E-state index in [2.05, 4.69) is 36.5 Å². The van der Waals surface area contributed by atoms with Crippen molar-refractivity contribution in [2.24, 2.45) is 0 Å². The van der Waals surface area contributed by atoms with Crippen LogP contribution in [0, 0.1) is 0 Å². The molecular formula is C14H21NOS. The third-order valence-corrected chi connectivity index (χ3v) is 4.32. The lowest BCUT2D eigenvalue weighted by molar-refractivity contribution is 0.182. The van der Waals surface area contributed by atoms with Crippen molar-refractivity contribution in [2.45, 2.75) is 36.7 Å². The SMILES string of the molecule is COCCC(C)NC1CCSc2ccccc21. The van der Waals surface area contributed by atoms with Gasteiger partial charge in [-0.2, -0.15) is 0 Å². The molecule has 0 saturated carbocycles. The first kappa shape index (κ1) is 12.9. The second-order valence-electron chi connectivity index (χ2n) is 4.58. The van der Waals surface area contributed by atoms with Crippen LogP contribution in [0.25, 0.3) is 0 Å². The fourth-order valence-corrected chi connectivity index (χ4v) is 3.36. The molecular weight excluding hydrogens is 230 g/mol. The lowest BCUT2D eigenvalue weighted by atomic mass is 10.0. The molecule has 2 nitrogen and oxygen atoms in total. The third kappa shape index (κ3) is 3.47. The number of hydrogen-bond donors (Lipinski definition) is 1. The van der Waals surface area contributed by atoms with Gasteiger partial charge in [0.15, 0.2) is 0 Å². The molecule has 1 aliphatic heterocycles. The number of nitrogens with one attached hydrogen (secondary N) is 1. The summed E-state index contributed by atoms with van der Waals surface area (Å²) in [6.45, 7) is 3.07. The Bertz CT molecular complexity index is 356. The van der Waals surface area contributed by atoms with E-state index >= 15 is 0 Å². The molecule has 0 aliphatic carbocycles. The third-order valence-electron chi connectivity index (χ3n) is 3.20. The Labute approximate surface area is 108 Å². The molecule has 1 heterocycles. The highest BCUT2D eigenvalue weighted by atomic mass is 32.2. The van der Waals surface area contributed by atoms with Gasteiger partial charge in [0.05, 0.1) is 0 Å². The van der Waals surface area contributed by atoms with E-state index in [1.54, 1.807) is 7.11 Å². The number of methoxy groups -OCH3 is 1.